The topological polar surface area (TPSA) is 54.4 Å². The number of benzene rings is 2. The second kappa shape index (κ2) is 4.79. The molecule has 0 bridgehead atoms. The van der Waals surface area contributed by atoms with Crippen molar-refractivity contribution in [3.63, 3.8) is 0 Å². The van der Waals surface area contributed by atoms with Crippen LogP contribution in [0.25, 0.3) is 0 Å². The van der Waals surface area contributed by atoms with Gasteiger partial charge in [0.25, 0.3) is 10.1 Å². The van der Waals surface area contributed by atoms with E-state index in [4.69, 9.17) is 4.55 Å². The van der Waals surface area contributed by atoms with Crippen LogP contribution >= 0.6 is 0 Å². The molecule has 3 nitrogen and oxygen atoms in total. The van der Waals surface area contributed by atoms with E-state index < -0.39 is 10.1 Å². The minimum absolute atomic E-state index is 0.0832. The van der Waals surface area contributed by atoms with Crippen LogP contribution in [-0.4, -0.2) is 13.0 Å². The summed E-state index contributed by atoms with van der Waals surface area (Å²) in [5.41, 5.74) is 1.92. The molecule has 2 aromatic carbocycles. The van der Waals surface area contributed by atoms with Crippen LogP contribution in [0.1, 0.15) is 25.0 Å². The molecule has 0 unspecified atom stereocenters. The van der Waals surface area contributed by atoms with Crippen molar-refractivity contribution in [3.05, 3.63) is 65.7 Å². The summed E-state index contributed by atoms with van der Waals surface area (Å²) in [6.45, 7) is 4.15. The van der Waals surface area contributed by atoms with Gasteiger partial charge in [-0.15, -0.1) is 0 Å². The van der Waals surface area contributed by atoms with Crippen molar-refractivity contribution < 1.29 is 13.0 Å². The van der Waals surface area contributed by atoms with Gasteiger partial charge in [-0.05, 0) is 23.3 Å². The van der Waals surface area contributed by atoms with Gasteiger partial charge in [0.05, 0.1) is 4.90 Å². The van der Waals surface area contributed by atoms with Crippen molar-refractivity contribution in [1.29, 1.82) is 0 Å². The molecule has 0 radical (unpaired) electrons. The van der Waals surface area contributed by atoms with Crippen molar-refractivity contribution in [2.45, 2.75) is 24.2 Å². The predicted octanol–water partition coefficient (Wildman–Crippen LogP) is 3.26. The Morgan fingerprint density at radius 2 is 1.32 bits per heavy atom. The lowest BCUT2D eigenvalue weighted by Crippen LogP contribution is -2.18. The van der Waals surface area contributed by atoms with Gasteiger partial charge in [-0.1, -0.05) is 56.3 Å². The Morgan fingerprint density at radius 3 is 1.79 bits per heavy atom. The molecule has 0 heterocycles. The van der Waals surface area contributed by atoms with Crippen molar-refractivity contribution in [1.82, 2.24) is 0 Å². The molecule has 0 saturated heterocycles. The normalized spacial score (nSPS) is 12.4. The number of hydrogen-bond acceptors (Lipinski definition) is 2. The van der Waals surface area contributed by atoms with Gasteiger partial charge in [0.2, 0.25) is 0 Å². The van der Waals surface area contributed by atoms with Gasteiger partial charge in [-0.25, -0.2) is 0 Å². The second-order valence-corrected chi connectivity index (χ2v) is 6.41. The third-order valence-electron chi connectivity index (χ3n) is 3.37. The second-order valence-electron chi connectivity index (χ2n) is 4.99. The Hall–Kier alpha value is -1.65. The molecule has 0 aliphatic rings. The van der Waals surface area contributed by atoms with E-state index in [-0.39, 0.29) is 10.3 Å². The summed E-state index contributed by atoms with van der Waals surface area (Å²) in [6.07, 6.45) is 0. The van der Waals surface area contributed by atoms with Crippen LogP contribution in [0.2, 0.25) is 0 Å². The Balaban J connectivity index is 2.43. The van der Waals surface area contributed by atoms with E-state index in [1.165, 1.54) is 12.1 Å². The highest BCUT2D eigenvalue weighted by molar-refractivity contribution is 7.85. The fraction of sp³-hybridized carbons (Fsp3) is 0.200. The molecule has 2 aromatic rings. The molecule has 4 heteroatoms. The molecule has 0 aromatic heterocycles. The molecule has 0 fully saturated rings. The molecule has 1 N–H and O–H groups in total. The molecule has 0 atom stereocenters. The number of hydrogen-bond donors (Lipinski definition) is 1. The first-order valence-electron chi connectivity index (χ1n) is 5.95. The minimum Gasteiger partial charge on any atom is -0.282 e. The van der Waals surface area contributed by atoms with Gasteiger partial charge in [0.15, 0.2) is 0 Å². The Kier molecular flexibility index (Phi) is 3.47. The fourth-order valence-corrected chi connectivity index (χ4v) is 2.55. The Labute approximate surface area is 113 Å². The molecule has 0 amide bonds. The molecule has 100 valence electrons. The van der Waals surface area contributed by atoms with Gasteiger partial charge < -0.3 is 0 Å². The first kappa shape index (κ1) is 13.8. The summed E-state index contributed by atoms with van der Waals surface area (Å²) in [4.78, 5) is -0.0832. The lowest BCUT2D eigenvalue weighted by atomic mass is 9.78. The average Bonchev–Trinajstić information content (AvgIpc) is 2.39. The van der Waals surface area contributed by atoms with Gasteiger partial charge in [0.1, 0.15) is 0 Å². The Morgan fingerprint density at radius 1 is 0.842 bits per heavy atom. The lowest BCUT2D eigenvalue weighted by molar-refractivity contribution is 0.483. The molecular weight excluding hydrogens is 260 g/mol. The highest BCUT2D eigenvalue weighted by Gasteiger charge is 2.23. The van der Waals surface area contributed by atoms with Gasteiger partial charge in [-0.2, -0.15) is 8.42 Å². The average molecular weight is 276 g/mol. The largest absolute Gasteiger partial charge is 0.294 e. The predicted molar refractivity (Wildman–Crippen MR) is 74.8 cm³/mol. The molecule has 0 spiro atoms. The monoisotopic (exact) mass is 276 g/mol. The zero-order chi connectivity index (χ0) is 14.1. The summed E-state index contributed by atoms with van der Waals surface area (Å²) in [7, 11) is -4.13. The molecule has 0 aliphatic carbocycles. The van der Waals surface area contributed by atoms with Crippen LogP contribution < -0.4 is 0 Å². The highest BCUT2D eigenvalue weighted by Crippen LogP contribution is 2.31. The quantitative estimate of drug-likeness (QED) is 0.875. The maximum atomic E-state index is 11.0. The fourth-order valence-electron chi connectivity index (χ4n) is 2.07. The van der Waals surface area contributed by atoms with Crippen molar-refractivity contribution in [3.8, 4) is 0 Å². The highest BCUT2D eigenvalue weighted by atomic mass is 32.2. The molecule has 2 rings (SSSR count). The molecular formula is C15H16O3S. The maximum absolute atomic E-state index is 11.0. The van der Waals surface area contributed by atoms with Crippen LogP contribution in [0.4, 0.5) is 0 Å². The van der Waals surface area contributed by atoms with E-state index in [0.717, 1.165) is 11.1 Å². The number of rotatable bonds is 3. The van der Waals surface area contributed by atoms with E-state index in [0.29, 0.717) is 0 Å². The summed E-state index contributed by atoms with van der Waals surface area (Å²) < 4.78 is 31.0. The molecule has 19 heavy (non-hydrogen) atoms. The lowest BCUT2D eigenvalue weighted by Gasteiger charge is -2.26. The summed E-state index contributed by atoms with van der Waals surface area (Å²) in [5.74, 6) is 0. The zero-order valence-electron chi connectivity index (χ0n) is 10.9. The van der Waals surface area contributed by atoms with Crippen LogP contribution in [0.5, 0.6) is 0 Å². The van der Waals surface area contributed by atoms with Crippen LogP contribution in [0.15, 0.2) is 59.5 Å². The third-order valence-corrected chi connectivity index (χ3v) is 4.24. The van der Waals surface area contributed by atoms with Gasteiger partial charge in [0, 0.05) is 5.41 Å². The van der Waals surface area contributed by atoms with Crippen LogP contribution in [0.3, 0.4) is 0 Å². The van der Waals surface area contributed by atoms with E-state index in [2.05, 4.69) is 13.8 Å². The minimum atomic E-state index is -4.13. The van der Waals surface area contributed by atoms with Gasteiger partial charge in [-0.3, -0.25) is 4.55 Å². The van der Waals surface area contributed by atoms with E-state index in [1.54, 1.807) is 12.1 Å². The van der Waals surface area contributed by atoms with Gasteiger partial charge >= 0.3 is 0 Å². The van der Waals surface area contributed by atoms with Crippen molar-refractivity contribution in [2.75, 3.05) is 0 Å². The van der Waals surface area contributed by atoms with Crippen LogP contribution in [-0.2, 0) is 15.5 Å². The van der Waals surface area contributed by atoms with E-state index >= 15 is 0 Å². The smallest absolute Gasteiger partial charge is 0.282 e. The Bertz CT molecular complexity index is 656. The standard InChI is InChI=1S/C15H16O3S/c1-15(2,12-6-4-3-5-7-12)13-8-10-14(11-9-13)19(16,17)18/h3-11H,1-2H3,(H,16,17,18). The zero-order valence-corrected chi connectivity index (χ0v) is 11.7. The molecule has 0 saturated carbocycles. The summed E-state index contributed by atoms with van der Waals surface area (Å²) in [5, 5.41) is 0. The molecule has 0 aliphatic heterocycles. The summed E-state index contributed by atoms with van der Waals surface area (Å²) >= 11 is 0. The van der Waals surface area contributed by atoms with E-state index in [9.17, 15) is 8.42 Å². The first-order chi connectivity index (χ1) is 8.82. The van der Waals surface area contributed by atoms with Crippen molar-refractivity contribution in [2.24, 2.45) is 0 Å². The maximum Gasteiger partial charge on any atom is 0.294 e. The van der Waals surface area contributed by atoms with Crippen molar-refractivity contribution >= 4 is 10.1 Å². The summed E-state index contributed by atoms with van der Waals surface area (Å²) in [6, 6.07) is 16.3. The van der Waals surface area contributed by atoms with Crippen LogP contribution in [0, 0.1) is 0 Å². The van der Waals surface area contributed by atoms with E-state index in [1.807, 2.05) is 30.3 Å². The first-order valence-corrected chi connectivity index (χ1v) is 7.39. The third kappa shape index (κ3) is 2.85. The SMILES string of the molecule is CC(C)(c1ccccc1)c1ccc(S(=O)(=O)O)cc1.